The first-order chi connectivity index (χ1) is 21.1. The molecule has 254 valence electrons. The summed E-state index contributed by atoms with van der Waals surface area (Å²) in [6, 6.07) is 0. The lowest BCUT2D eigenvalue weighted by Crippen LogP contribution is -2.37. The number of rotatable bonds is 31. The van der Waals surface area contributed by atoms with Crippen LogP contribution in [0.1, 0.15) is 20.8 Å². The van der Waals surface area contributed by atoms with Gasteiger partial charge in [0.2, 0.25) is 0 Å². The highest BCUT2D eigenvalue weighted by Crippen LogP contribution is 2.22. The summed E-state index contributed by atoms with van der Waals surface area (Å²) >= 11 is 0. The summed E-state index contributed by atoms with van der Waals surface area (Å²) in [5.74, 6) is -1.47. The summed E-state index contributed by atoms with van der Waals surface area (Å²) in [7, 11) is 0. The minimum Gasteiger partial charge on any atom is -0.460 e. The van der Waals surface area contributed by atoms with Gasteiger partial charge in [-0.1, -0.05) is 40.5 Å². The SMILES string of the molecule is C=CC(=O)OCCOCCOCC(C)(C)COCC(C)(COCCOCCOC(=O)C=C)COCCOCCOC(=O)C=C. The Bertz CT molecular complexity index is 776. The molecule has 0 spiro atoms. The van der Waals surface area contributed by atoms with Crippen molar-refractivity contribution in [2.75, 3.05) is 112 Å². The van der Waals surface area contributed by atoms with E-state index in [-0.39, 0.29) is 45.1 Å². The number of esters is 3. The van der Waals surface area contributed by atoms with E-state index in [0.717, 1.165) is 18.2 Å². The van der Waals surface area contributed by atoms with E-state index in [2.05, 4.69) is 19.7 Å². The van der Waals surface area contributed by atoms with Gasteiger partial charge in [-0.15, -0.1) is 0 Å². The Hall–Kier alpha value is -2.65. The zero-order valence-electron chi connectivity index (χ0n) is 26.7. The van der Waals surface area contributed by atoms with Crippen molar-refractivity contribution in [3.8, 4) is 0 Å². The van der Waals surface area contributed by atoms with Crippen molar-refractivity contribution >= 4 is 17.9 Å². The molecule has 0 atom stereocenters. The van der Waals surface area contributed by atoms with Gasteiger partial charge in [-0.2, -0.15) is 0 Å². The Kier molecular flexibility index (Phi) is 25.1. The molecule has 0 aliphatic rings. The first kappa shape index (κ1) is 41.4. The van der Waals surface area contributed by atoms with E-state index >= 15 is 0 Å². The van der Waals surface area contributed by atoms with E-state index in [4.69, 9.17) is 47.4 Å². The molecular formula is C31H52O13. The summed E-state index contributed by atoms with van der Waals surface area (Å²) in [6.45, 7) is 21.5. The summed E-state index contributed by atoms with van der Waals surface area (Å²) in [5.41, 5.74) is -0.716. The molecule has 0 saturated carbocycles. The molecule has 0 aromatic heterocycles. The monoisotopic (exact) mass is 632 g/mol. The molecule has 0 aromatic rings. The topological polar surface area (TPSA) is 144 Å². The second-order valence-corrected chi connectivity index (χ2v) is 10.6. The predicted molar refractivity (Wildman–Crippen MR) is 161 cm³/mol. The molecule has 0 heterocycles. The van der Waals surface area contributed by atoms with Crippen molar-refractivity contribution in [2.45, 2.75) is 20.8 Å². The van der Waals surface area contributed by atoms with Crippen LogP contribution in [0.2, 0.25) is 0 Å². The summed E-state index contributed by atoms with van der Waals surface area (Å²) < 4.78 is 54.3. The van der Waals surface area contributed by atoms with Crippen LogP contribution in [-0.4, -0.2) is 130 Å². The van der Waals surface area contributed by atoms with Gasteiger partial charge >= 0.3 is 17.9 Å². The summed E-state index contributed by atoms with van der Waals surface area (Å²) in [4.78, 5) is 33.1. The summed E-state index contributed by atoms with van der Waals surface area (Å²) in [6.07, 6.45) is 3.30. The van der Waals surface area contributed by atoms with Gasteiger partial charge in [0, 0.05) is 29.1 Å². The highest BCUT2D eigenvalue weighted by Gasteiger charge is 2.28. The largest absolute Gasteiger partial charge is 0.460 e. The van der Waals surface area contributed by atoms with Crippen LogP contribution in [-0.2, 0) is 61.8 Å². The Morgan fingerprint density at radius 3 is 1.07 bits per heavy atom. The zero-order chi connectivity index (χ0) is 32.9. The second kappa shape index (κ2) is 26.7. The van der Waals surface area contributed by atoms with Crippen LogP contribution >= 0.6 is 0 Å². The molecule has 0 radical (unpaired) electrons. The van der Waals surface area contributed by atoms with Gasteiger partial charge in [0.05, 0.1) is 92.5 Å². The average molecular weight is 633 g/mol. The third-order valence-corrected chi connectivity index (χ3v) is 5.37. The standard InChI is InChI=1S/C31H52O13/c1-7-27(32)42-19-16-35-10-13-38-22-30(4,5)23-41-26-31(6,24-39-14-11-36-17-20-43-28(33)8-2)25-40-15-12-37-18-21-44-29(34)9-3/h7-9H,1-3,10-26H2,4-6H3. The number of hydrogen-bond donors (Lipinski definition) is 0. The fourth-order valence-electron chi connectivity index (χ4n) is 3.17. The zero-order valence-corrected chi connectivity index (χ0v) is 26.7. The molecule has 0 amide bonds. The van der Waals surface area contributed by atoms with Crippen LogP contribution in [0.3, 0.4) is 0 Å². The Morgan fingerprint density at radius 1 is 0.432 bits per heavy atom. The lowest BCUT2D eigenvalue weighted by Gasteiger charge is -2.31. The molecule has 0 bridgehead atoms. The second-order valence-electron chi connectivity index (χ2n) is 10.6. The average Bonchev–Trinajstić information content (AvgIpc) is 3.00. The number of ether oxygens (including phenoxy) is 10. The number of carbonyl (C=O) groups excluding carboxylic acids is 3. The lowest BCUT2D eigenvalue weighted by molar-refractivity contribution is -0.140. The normalized spacial score (nSPS) is 11.5. The number of hydrogen-bond acceptors (Lipinski definition) is 13. The van der Waals surface area contributed by atoms with E-state index < -0.39 is 23.3 Å². The van der Waals surface area contributed by atoms with Crippen molar-refractivity contribution in [1.82, 2.24) is 0 Å². The van der Waals surface area contributed by atoms with Crippen LogP contribution in [0.5, 0.6) is 0 Å². The minimum absolute atomic E-state index is 0.142. The Labute approximate surface area is 261 Å². The minimum atomic E-state index is -0.494. The first-order valence-electron chi connectivity index (χ1n) is 14.5. The maximum absolute atomic E-state index is 11.1. The number of carbonyl (C=O) groups is 3. The summed E-state index contributed by atoms with van der Waals surface area (Å²) in [5, 5.41) is 0. The smallest absolute Gasteiger partial charge is 0.330 e. The van der Waals surface area contributed by atoms with Gasteiger partial charge in [0.1, 0.15) is 19.8 Å². The van der Waals surface area contributed by atoms with Crippen LogP contribution in [0.4, 0.5) is 0 Å². The quantitative estimate of drug-likeness (QED) is 0.0478. The van der Waals surface area contributed by atoms with Gasteiger partial charge in [-0.25, -0.2) is 14.4 Å². The van der Waals surface area contributed by atoms with Gasteiger partial charge in [-0.05, 0) is 0 Å². The third kappa shape index (κ3) is 25.8. The lowest BCUT2D eigenvalue weighted by atomic mass is 9.93. The van der Waals surface area contributed by atoms with E-state index in [9.17, 15) is 14.4 Å². The van der Waals surface area contributed by atoms with Gasteiger partial charge in [0.25, 0.3) is 0 Å². The van der Waals surface area contributed by atoms with Gasteiger partial charge < -0.3 is 47.4 Å². The molecule has 0 fully saturated rings. The third-order valence-electron chi connectivity index (χ3n) is 5.37. The molecule has 0 N–H and O–H groups in total. The van der Waals surface area contributed by atoms with Crippen molar-refractivity contribution < 1.29 is 61.8 Å². The van der Waals surface area contributed by atoms with E-state index in [1.54, 1.807) is 0 Å². The fraction of sp³-hybridized carbons (Fsp3) is 0.710. The molecule has 0 saturated heterocycles. The molecule has 0 aliphatic carbocycles. The molecule has 0 unspecified atom stereocenters. The van der Waals surface area contributed by atoms with Crippen LogP contribution in [0.15, 0.2) is 38.0 Å². The van der Waals surface area contributed by atoms with Crippen LogP contribution in [0.25, 0.3) is 0 Å². The maximum atomic E-state index is 11.1. The molecule has 0 rings (SSSR count). The van der Waals surface area contributed by atoms with Crippen molar-refractivity contribution in [3.63, 3.8) is 0 Å². The molecular weight excluding hydrogens is 580 g/mol. The molecule has 44 heavy (non-hydrogen) atoms. The van der Waals surface area contributed by atoms with Crippen molar-refractivity contribution in [3.05, 3.63) is 38.0 Å². The van der Waals surface area contributed by atoms with E-state index in [1.165, 1.54) is 0 Å². The van der Waals surface area contributed by atoms with Gasteiger partial charge in [-0.3, -0.25) is 0 Å². The van der Waals surface area contributed by atoms with Crippen LogP contribution < -0.4 is 0 Å². The Balaban J connectivity index is 4.43. The highest BCUT2D eigenvalue weighted by atomic mass is 16.6. The van der Waals surface area contributed by atoms with Crippen LogP contribution in [0, 0.1) is 10.8 Å². The van der Waals surface area contributed by atoms with Crippen molar-refractivity contribution in [2.24, 2.45) is 10.8 Å². The fourth-order valence-corrected chi connectivity index (χ4v) is 3.17. The molecule has 13 nitrogen and oxygen atoms in total. The molecule has 0 aliphatic heterocycles. The van der Waals surface area contributed by atoms with E-state index in [1.807, 2.05) is 20.8 Å². The molecule has 13 heteroatoms. The molecule has 0 aromatic carbocycles. The first-order valence-corrected chi connectivity index (χ1v) is 14.5. The van der Waals surface area contributed by atoms with Gasteiger partial charge in [0.15, 0.2) is 0 Å². The predicted octanol–water partition coefficient (Wildman–Crippen LogP) is 2.32. The maximum Gasteiger partial charge on any atom is 0.330 e. The van der Waals surface area contributed by atoms with Crippen molar-refractivity contribution in [1.29, 1.82) is 0 Å². The van der Waals surface area contributed by atoms with E-state index in [0.29, 0.717) is 72.7 Å². The highest BCUT2D eigenvalue weighted by molar-refractivity contribution is 5.81. The Morgan fingerprint density at radius 2 is 0.705 bits per heavy atom.